The highest BCUT2D eigenvalue weighted by atomic mass is 19.1. The Morgan fingerprint density at radius 2 is 1.75 bits per heavy atom. The van der Waals surface area contributed by atoms with Gasteiger partial charge in [-0.25, -0.2) is 9.18 Å². The molecule has 0 bridgehead atoms. The molecule has 130 valence electrons. The molecule has 0 radical (unpaired) electrons. The first-order chi connectivity index (χ1) is 11.6. The third-order valence-corrected chi connectivity index (χ3v) is 4.85. The van der Waals surface area contributed by atoms with Crippen molar-refractivity contribution < 1.29 is 14.0 Å². The highest BCUT2D eigenvalue weighted by molar-refractivity contribution is 5.79. The van der Waals surface area contributed by atoms with Crippen LogP contribution in [0.15, 0.2) is 24.3 Å². The van der Waals surface area contributed by atoms with Gasteiger partial charge >= 0.3 is 6.03 Å². The first-order valence-corrected chi connectivity index (χ1v) is 8.69. The summed E-state index contributed by atoms with van der Waals surface area (Å²) in [4.78, 5) is 28.1. The van der Waals surface area contributed by atoms with Gasteiger partial charge in [-0.15, -0.1) is 0 Å². The summed E-state index contributed by atoms with van der Waals surface area (Å²) >= 11 is 0. The lowest BCUT2D eigenvalue weighted by Crippen LogP contribution is -2.54. The molecule has 1 aliphatic carbocycles. The molecule has 1 aliphatic heterocycles. The van der Waals surface area contributed by atoms with Gasteiger partial charge in [0.1, 0.15) is 5.82 Å². The third-order valence-electron chi connectivity index (χ3n) is 4.85. The number of hydrogen-bond donors (Lipinski definition) is 1. The molecule has 1 heterocycles. The zero-order valence-electron chi connectivity index (χ0n) is 13.8. The number of carbonyl (C=O) groups excluding carboxylic acids is 2. The predicted octanol–water partition coefficient (Wildman–Crippen LogP) is 2.16. The predicted molar refractivity (Wildman–Crippen MR) is 89.0 cm³/mol. The van der Waals surface area contributed by atoms with Gasteiger partial charge < -0.3 is 15.1 Å². The molecule has 2 fully saturated rings. The molecule has 0 spiro atoms. The van der Waals surface area contributed by atoms with E-state index >= 15 is 0 Å². The van der Waals surface area contributed by atoms with Crippen molar-refractivity contribution in [2.75, 3.05) is 26.2 Å². The van der Waals surface area contributed by atoms with Crippen LogP contribution in [0.2, 0.25) is 0 Å². The van der Waals surface area contributed by atoms with E-state index in [0.717, 1.165) is 12.8 Å². The lowest BCUT2D eigenvalue weighted by atomic mass is 10.1. The first kappa shape index (κ1) is 16.7. The summed E-state index contributed by atoms with van der Waals surface area (Å²) in [5, 5.41) is 3.08. The van der Waals surface area contributed by atoms with Crippen LogP contribution in [-0.2, 0) is 11.2 Å². The van der Waals surface area contributed by atoms with Gasteiger partial charge in [-0.3, -0.25) is 4.79 Å². The number of hydrogen-bond acceptors (Lipinski definition) is 2. The smallest absolute Gasteiger partial charge is 0.317 e. The normalized spacial score (nSPS) is 18.7. The van der Waals surface area contributed by atoms with E-state index in [-0.39, 0.29) is 24.2 Å². The van der Waals surface area contributed by atoms with Crippen LogP contribution < -0.4 is 5.32 Å². The van der Waals surface area contributed by atoms with Gasteiger partial charge in [-0.05, 0) is 30.5 Å². The number of urea groups is 1. The molecule has 6 heteroatoms. The van der Waals surface area contributed by atoms with Gasteiger partial charge in [0.05, 0.1) is 6.42 Å². The van der Waals surface area contributed by atoms with Crippen molar-refractivity contribution in [1.29, 1.82) is 0 Å². The summed E-state index contributed by atoms with van der Waals surface area (Å²) in [6.45, 7) is 2.17. The van der Waals surface area contributed by atoms with Crippen LogP contribution in [0.1, 0.15) is 31.2 Å². The number of nitrogens with one attached hydrogen (secondary N) is 1. The molecule has 5 nitrogen and oxygen atoms in total. The Bertz CT molecular complexity index is 594. The van der Waals surface area contributed by atoms with E-state index < -0.39 is 0 Å². The van der Waals surface area contributed by atoms with E-state index in [2.05, 4.69) is 5.32 Å². The second kappa shape index (κ2) is 7.64. The second-order valence-electron chi connectivity index (χ2n) is 6.61. The van der Waals surface area contributed by atoms with Gasteiger partial charge in [0, 0.05) is 32.2 Å². The Kier molecular flexibility index (Phi) is 5.33. The minimum absolute atomic E-state index is 0.0147. The number of benzene rings is 1. The SMILES string of the molecule is O=C(Cc1cccc(F)c1)N1CCN(C(=O)NC2CCCC2)CC1. The molecule has 24 heavy (non-hydrogen) atoms. The summed E-state index contributed by atoms with van der Waals surface area (Å²) < 4.78 is 13.2. The minimum Gasteiger partial charge on any atom is -0.339 e. The zero-order chi connectivity index (χ0) is 16.9. The Morgan fingerprint density at radius 1 is 1.08 bits per heavy atom. The Morgan fingerprint density at radius 3 is 2.42 bits per heavy atom. The number of nitrogens with zero attached hydrogens (tertiary/aromatic N) is 2. The van der Waals surface area contributed by atoms with Crippen molar-refractivity contribution in [1.82, 2.24) is 15.1 Å². The number of piperazine rings is 1. The number of rotatable bonds is 3. The van der Waals surface area contributed by atoms with E-state index in [0.29, 0.717) is 37.8 Å². The molecule has 0 unspecified atom stereocenters. The van der Waals surface area contributed by atoms with Crippen molar-refractivity contribution in [3.05, 3.63) is 35.6 Å². The van der Waals surface area contributed by atoms with Gasteiger partial charge in [-0.1, -0.05) is 25.0 Å². The highest BCUT2D eigenvalue weighted by Gasteiger charge is 2.26. The molecule has 1 saturated heterocycles. The fourth-order valence-corrected chi connectivity index (χ4v) is 3.43. The monoisotopic (exact) mass is 333 g/mol. The lowest BCUT2D eigenvalue weighted by Gasteiger charge is -2.35. The van der Waals surface area contributed by atoms with E-state index in [1.165, 1.54) is 25.0 Å². The van der Waals surface area contributed by atoms with Gasteiger partial charge in [-0.2, -0.15) is 0 Å². The molecular weight excluding hydrogens is 309 g/mol. The van der Waals surface area contributed by atoms with Crippen molar-refractivity contribution in [2.45, 2.75) is 38.1 Å². The molecule has 2 aliphatic rings. The summed E-state index contributed by atoms with van der Waals surface area (Å²) in [5.74, 6) is -0.342. The minimum atomic E-state index is -0.325. The van der Waals surface area contributed by atoms with Gasteiger partial charge in [0.2, 0.25) is 5.91 Å². The van der Waals surface area contributed by atoms with Gasteiger partial charge in [0.25, 0.3) is 0 Å². The summed E-state index contributed by atoms with van der Waals surface area (Å²) in [7, 11) is 0. The Labute approximate surface area is 141 Å². The van der Waals surface area contributed by atoms with Crippen LogP contribution in [0.3, 0.4) is 0 Å². The average molecular weight is 333 g/mol. The molecule has 0 atom stereocenters. The van der Waals surface area contributed by atoms with Crippen LogP contribution in [0.4, 0.5) is 9.18 Å². The maximum atomic E-state index is 13.2. The molecule has 1 aromatic carbocycles. The van der Waals surface area contributed by atoms with Crippen LogP contribution in [0.5, 0.6) is 0 Å². The maximum absolute atomic E-state index is 13.2. The fraction of sp³-hybridized carbons (Fsp3) is 0.556. The molecule has 1 saturated carbocycles. The third kappa shape index (κ3) is 4.24. The first-order valence-electron chi connectivity index (χ1n) is 8.69. The van der Waals surface area contributed by atoms with Gasteiger partial charge in [0.15, 0.2) is 0 Å². The van der Waals surface area contributed by atoms with Crippen molar-refractivity contribution in [3.63, 3.8) is 0 Å². The summed E-state index contributed by atoms with van der Waals surface area (Å²) in [6, 6.07) is 6.43. The topological polar surface area (TPSA) is 52.7 Å². The lowest BCUT2D eigenvalue weighted by molar-refractivity contribution is -0.131. The van der Waals surface area contributed by atoms with Crippen LogP contribution in [0.25, 0.3) is 0 Å². The van der Waals surface area contributed by atoms with Crippen LogP contribution >= 0.6 is 0 Å². The molecular formula is C18H24FN3O2. The van der Waals surface area contributed by atoms with Crippen LogP contribution in [0, 0.1) is 5.82 Å². The van der Waals surface area contributed by atoms with Crippen LogP contribution in [-0.4, -0.2) is 54.0 Å². The summed E-state index contributed by atoms with van der Waals surface area (Å²) in [5.41, 5.74) is 0.682. The maximum Gasteiger partial charge on any atom is 0.317 e. The van der Waals surface area contributed by atoms with Crippen molar-refractivity contribution >= 4 is 11.9 Å². The standard InChI is InChI=1S/C18H24FN3O2/c19-15-5-3-4-14(12-15)13-17(23)21-8-10-22(11-9-21)18(24)20-16-6-1-2-7-16/h3-5,12,16H,1-2,6-11,13H2,(H,20,24). The number of carbonyl (C=O) groups is 2. The molecule has 3 amide bonds. The molecule has 0 aromatic heterocycles. The molecule has 1 aromatic rings. The van der Waals surface area contributed by atoms with E-state index in [1.807, 2.05) is 0 Å². The largest absolute Gasteiger partial charge is 0.339 e. The van der Waals surface area contributed by atoms with Crippen molar-refractivity contribution in [3.8, 4) is 0 Å². The number of amides is 3. The average Bonchev–Trinajstić information content (AvgIpc) is 3.08. The van der Waals surface area contributed by atoms with E-state index in [4.69, 9.17) is 0 Å². The quantitative estimate of drug-likeness (QED) is 0.922. The summed E-state index contributed by atoms with van der Waals surface area (Å²) in [6.07, 6.45) is 4.71. The van der Waals surface area contributed by atoms with E-state index in [1.54, 1.807) is 21.9 Å². The number of halogens is 1. The van der Waals surface area contributed by atoms with Crippen molar-refractivity contribution in [2.24, 2.45) is 0 Å². The fourth-order valence-electron chi connectivity index (χ4n) is 3.43. The van der Waals surface area contributed by atoms with E-state index in [9.17, 15) is 14.0 Å². The Balaban J connectivity index is 1.45. The molecule has 1 N–H and O–H groups in total. The highest BCUT2D eigenvalue weighted by Crippen LogP contribution is 2.18. The molecule has 3 rings (SSSR count). The zero-order valence-corrected chi connectivity index (χ0v) is 13.8. The Hall–Kier alpha value is -2.11. The second-order valence-corrected chi connectivity index (χ2v) is 6.61.